The summed E-state index contributed by atoms with van der Waals surface area (Å²) >= 11 is 1.25. The molecule has 1 atom stereocenters. The lowest BCUT2D eigenvalue weighted by atomic mass is 10.2. The van der Waals surface area contributed by atoms with Gasteiger partial charge < -0.3 is 21.1 Å². The Morgan fingerprint density at radius 1 is 1.29 bits per heavy atom. The van der Waals surface area contributed by atoms with Gasteiger partial charge in [-0.2, -0.15) is 0 Å². The predicted molar refractivity (Wildman–Crippen MR) is 79.1 cm³/mol. The lowest BCUT2D eigenvalue weighted by Crippen LogP contribution is -2.42. The molecule has 21 heavy (non-hydrogen) atoms. The van der Waals surface area contributed by atoms with Crippen LogP contribution >= 0.6 is 11.3 Å². The lowest BCUT2D eigenvalue weighted by Gasteiger charge is -2.14. The van der Waals surface area contributed by atoms with Gasteiger partial charge in [0.1, 0.15) is 0 Å². The SMILES string of the molecule is CC(C)NC(=O)CCNC(=O)NC(C(=O)O)c1cccs1. The van der Waals surface area contributed by atoms with Crippen molar-refractivity contribution in [2.75, 3.05) is 6.54 Å². The fourth-order valence-electron chi connectivity index (χ4n) is 1.58. The highest BCUT2D eigenvalue weighted by Gasteiger charge is 2.22. The number of urea groups is 1. The highest BCUT2D eigenvalue weighted by molar-refractivity contribution is 7.10. The van der Waals surface area contributed by atoms with E-state index in [0.717, 1.165) is 0 Å². The first-order valence-electron chi connectivity index (χ1n) is 6.50. The fraction of sp³-hybridized carbons (Fsp3) is 0.462. The van der Waals surface area contributed by atoms with Crippen LogP contribution in [0, 0.1) is 0 Å². The summed E-state index contributed by atoms with van der Waals surface area (Å²) in [6, 6.07) is 1.69. The van der Waals surface area contributed by atoms with Crippen LogP contribution in [-0.2, 0) is 9.59 Å². The third kappa shape index (κ3) is 6.26. The monoisotopic (exact) mass is 313 g/mol. The second-order valence-corrected chi connectivity index (χ2v) is 5.64. The van der Waals surface area contributed by atoms with Crippen LogP contribution in [0.25, 0.3) is 0 Å². The van der Waals surface area contributed by atoms with Crippen molar-refractivity contribution in [3.63, 3.8) is 0 Å². The molecule has 0 radical (unpaired) electrons. The van der Waals surface area contributed by atoms with Crippen LogP contribution < -0.4 is 16.0 Å². The quantitative estimate of drug-likeness (QED) is 0.604. The minimum atomic E-state index is -1.13. The van der Waals surface area contributed by atoms with E-state index in [1.165, 1.54) is 11.3 Å². The Balaban J connectivity index is 2.38. The van der Waals surface area contributed by atoms with E-state index in [1.807, 2.05) is 13.8 Å². The maximum Gasteiger partial charge on any atom is 0.331 e. The molecule has 1 unspecified atom stereocenters. The average molecular weight is 313 g/mol. The summed E-state index contributed by atoms with van der Waals surface area (Å²) < 4.78 is 0. The van der Waals surface area contributed by atoms with Crippen LogP contribution in [-0.4, -0.2) is 35.6 Å². The minimum Gasteiger partial charge on any atom is -0.479 e. The summed E-state index contributed by atoms with van der Waals surface area (Å²) in [6.07, 6.45) is 0.141. The topological polar surface area (TPSA) is 108 Å². The molecule has 7 nitrogen and oxygen atoms in total. The Hall–Kier alpha value is -2.09. The van der Waals surface area contributed by atoms with Gasteiger partial charge in [-0.15, -0.1) is 11.3 Å². The smallest absolute Gasteiger partial charge is 0.331 e. The van der Waals surface area contributed by atoms with Gasteiger partial charge in [-0.05, 0) is 25.3 Å². The summed E-state index contributed by atoms with van der Waals surface area (Å²) in [6.45, 7) is 3.83. The Morgan fingerprint density at radius 2 is 2.00 bits per heavy atom. The molecule has 0 saturated carbocycles. The molecule has 0 aliphatic rings. The van der Waals surface area contributed by atoms with Crippen molar-refractivity contribution in [3.8, 4) is 0 Å². The second kappa shape index (κ2) is 8.25. The normalized spacial score (nSPS) is 11.8. The number of carboxylic acid groups (broad SMARTS) is 1. The molecule has 1 aromatic heterocycles. The molecular weight excluding hydrogens is 294 g/mol. The largest absolute Gasteiger partial charge is 0.479 e. The first kappa shape index (κ1) is 17.0. The van der Waals surface area contributed by atoms with Gasteiger partial charge >= 0.3 is 12.0 Å². The number of carboxylic acids is 1. The Kier molecular flexibility index (Phi) is 6.67. The van der Waals surface area contributed by atoms with E-state index in [0.29, 0.717) is 4.88 Å². The number of nitrogens with one attached hydrogen (secondary N) is 3. The summed E-state index contributed by atoms with van der Waals surface area (Å²) in [5, 5.41) is 18.4. The molecule has 116 valence electrons. The molecule has 1 rings (SSSR count). The third-order valence-electron chi connectivity index (χ3n) is 2.44. The number of rotatable bonds is 7. The first-order valence-corrected chi connectivity index (χ1v) is 7.38. The van der Waals surface area contributed by atoms with Crippen molar-refractivity contribution in [2.45, 2.75) is 32.4 Å². The first-order chi connectivity index (χ1) is 9.90. The standard InChI is InChI=1S/C13H19N3O4S/c1-8(2)15-10(17)5-6-14-13(20)16-11(12(18)19)9-4-3-7-21-9/h3-4,7-8,11H,5-6H2,1-2H3,(H,15,17)(H,18,19)(H2,14,16,20). The Bertz CT molecular complexity index is 488. The highest BCUT2D eigenvalue weighted by Crippen LogP contribution is 2.18. The average Bonchev–Trinajstić information content (AvgIpc) is 2.88. The maximum atomic E-state index is 11.6. The van der Waals surface area contributed by atoms with Gasteiger partial charge in [0.2, 0.25) is 5.91 Å². The Morgan fingerprint density at radius 3 is 2.52 bits per heavy atom. The third-order valence-corrected chi connectivity index (χ3v) is 3.37. The van der Waals surface area contributed by atoms with Gasteiger partial charge in [0, 0.05) is 23.9 Å². The zero-order valence-electron chi connectivity index (χ0n) is 11.9. The van der Waals surface area contributed by atoms with Crippen molar-refractivity contribution in [1.82, 2.24) is 16.0 Å². The molecule has 0 saturated heterocycles. The number of carbonyl (C=O) groups is 3. The van der Waals surface area contributed by atoms with E-state index in [1.54, 1.807) is 17.5 Å². The van der Waals surface area contributed by atoms with Crippen LogP contribution in [0.2, 0.25) is 0 Å². The summed E-state index contributed by atoms with van der Waals surface area (Å²) in [5.41, 5.74) is 0. The van der Waals surface area contributed by atoms with Crippen molar-refractivity contribution in [1.29, 1.82) is 0 Å². The van der Waals surface area contributed by atoms with Crippen LogP contribution in [0.4, 0.5) is 4.79 Å². The number of aliphatic carboxylic acids is 1. The molecule has 0 spiro atoms. The highest BCUT2D eigenvalue weighted by atomic mass is 32.1. The molecule has 8 heteroatoms. The molecular formula is C13H19N3O4S. The minimum absolute atomic E-state index is 0.0431. The van der Waals surface area contributed by atoms with Crippen molar-refractivity contribution >= 4 is 29.2 Å². The summed E-state index contributed by atoms with van der Waals surface area (Å²) in [7, 11) is 0. The lowest BCUT2D eigenvalue weighted by molar-refractivity contribution is -0.139. The van der Waals surface area contributed by atoms with Crippen LogP contribution in [0.15, 0.2) is 17.5 Å². The van der Waals surface area contributed by atoms with E-state index in [9.17, 15) is 14.4 Å². The van der Waals surface area contributed by atoms with Gasteiger partial charge in [0.05, 0.1) is 0 Å². The van der Waals surface area contributed by atoms with Crippen LogP contribution in [0.3, 0.4) is 0 Å². The van der Waals surface area contributed by atoms with Gasteiger partial charge in [0.25, 0.3) is 0 Å². The zero-order chi connectivity index (χ0) is 15.8. The molecule has 0 aliphatic carbocycles. The molecule has 1 aromatic rings. The summed E-state index contributed by atoms with van der Waals surface area (Å²) in [4.78, 5) is 34.7. The number of hydrogen-bond donors (Lipinski definition) is 4. The van der Waals surface area contributed by atoms with E-state index < -0.39 is 18.0 Å². The fourth-order valence-corrected chi connectivity index (χ4v) is 2.34. The van der Waals surface area contributed by atoms with Crippen LogP contribution in [0.5, 0.6) is 0 Å². The van der Waals surface area contributed by atoms with Gasteiger partial charge in [-0.3, -0.25) is 4.79 Å². The van der Waals surface area contributed by atoms with E-state index in [-0.39, 0.29) is 24.9 Å². The Labute approximate surface area is 126 Å². The van der Waals surface area contributed by atoms with E-state index >= 15 is 0 Å². The predicted octanol–water partition coefficient (Wildman–Crippen LogP) is 1.09. The second-order valence-electron chi connectivity index (χ2n) is 4.66. The van der Waals surface area contributed by atoms with E-state index in [2.05, 4.69) is 16.0 Å². The van der Waals surface area contributed by atoms with Crippen molar-refractivity contribution < 1.29 is 19.5 Å². The van der Waals surface area contributed by atoms with Gasteiger partial charge in [0.15, 0.2) is 6.04 Å². The number of thiophene rings is 1. The number of carbonyl (C=O) groups excluding carboxylic acids is 2. The molecule has 3 amide bonds. The maximum absolute atomic E-state index is 11.6. The van der Waals surface area contributed by atoms with Crippen LogP contribution in [0.1, 0.15) is 31.2 Å². The van der Waals surface area contributed by atoms with Crippen molar-refractivity contribution in [3.05, 3.63) is 22.4 Å². The number of hydrogen-bond acceptors (Lipinski definition) is 4. The molecule has 0 bridgehead atoms. The van der Waals surface area contributed by atoms with E-state index in [4.69, 9.17) is 5.11 Å². The molecule has 1 heterocycles. The zero-order valence-corrected chi connectivity index (χ0v) is 12.7. The molecule has 0 fully saturated rings. The number of amides is 3. The van der Waals surface area contributed by atoms with Gasteiger partial charge in [-0.1, -0.05) is 6.07 Å². The molecule has 4 N–H and O–H groups in total. The molecule has 0 aromatic carbocycles. The summed E-state index contributed by atoms with van der Waals surface area (Å²) in [5.74, 6) is -1.30. The van der Waals surface area contributed by atoms with Gasteiger partial charge in [-0.25, -0.2) is 9.59 Å². The molecule has 0 aliphatic heterocycles. The van der Waals surface area contributed by atoms with Crippen molar-refractivity contribution in [2.24, 2.45) is 0 Å².